The second kappa shape index (κ2) is 8.49. The lowest BCUT2D eigenvalue weighted by atomic mass is 10.0. The number of ether oxygens (including phenoxy) is 2. The van der Waals surface area contributed by atoms with Crippen LogP contribution in [0.15, 0.2) is 0 Å². The Hall–Kier alpha value is -2.15. The highest BCUT2D eigenvalue weighted by molar-refractivity contribution is 6.04. The van der Waals surface area contributed by atoms with E-state index in [0.29, 0.717) is 42.1 Å². The molecule has 0 unspecified atom stereocenters. The smallest absolute Gasteiger partial charge is 0.354 e. The monoisotopic (exact) mass is 364 g/mol. The minimum Gasteiger partial charge on any atom is -0.464 e. The van der Waals surface area contributed by atoms with Gasteiger partial charge in [-0.3, -0.25) is 9.59 Å². The van der Waals surface area contributed by atoms with E-state index in [9.17, 15) is 14.4 Å². The Kier molecular flexibility index (Phi) is 6.58. The molecule has 0 N–H and O–H groups in total. The van der Waals surface area contributed by atoms with E-state index >= 15 is 0 Å². The van der Waals surface area contributed by atoms with Crippen LogP contribution in [0.5, 0.6) is 0 Å². The number of amides is 1. The van der Waals surface area contributed by atoms with E-state index < -0.39 is 5.97 Å². The molecule has 1 fully saturated rings. The minimum absolute atomic E-state index is 0.0192. The maximum absolute atomic E-state index is 13.0. The van der Waals surface area contributed by atoms with Crippen LogP contribution in [0.25, 0.3) is 0 Å². The number of Topliss-reactive ketones (excluding diaryl/α,β-unsaturated/α-hetero) is 1. The second-order valence-corrected chi connectivity index (χ2v) is 6.79. The lowest BCUT2D eigenvalue weighted by Crippen LogP contribution is -2.38. The minimum atomic E-state index is -0.474. The van der Waals surface area contributed by atoms with E-state index in [1.54, 1.807) is 37.5 Å². The van der Waals surface area contributed by atoms with Crippen molar-refractivity contribution in [2.45, 2.75) is 33.1 Å². The van der Waals surface area contributed by atoms with Crippen molar-refractivity contribution in [2.24, 2.45) is 13.0 Å². The summed E-state index contributed by atoms with van der Waals surface area (Å²) < 4.78 is 11.6. The highest BCUT2D eigenvalue weighted by atomic mass is 16.5. The normalized spacial score (nSPS) is 13.6. The Labute approximate surface area is 154 Å². The number of aromatic nitrogens is 1. The highest BCUT2D eigenvalue weighted by Gasteiger charge is 2.35. The van der Waals surface area contributed by atoms with Gasteiger partial charge in [0.15, 0.2) is 5.78 Å². The average Bonchev–Trinajstić information content (AvgIpc) is 3.42. The van der Waals surface area contributed by atoms with Crippen LogP contribution in [-0.2, 0) is 21.3 Å². The first-order valence-electron chi connectivity index (χ1n) is 8.88. The van der Waals surface area contributed by atoms with Gasteiger partial charge in [-0.1, -0.05) is 0 Å². The summed E-state index contributed by atoms with van der Waals surface area (Å²) in [6.07, 6.45) is 2.47. The number of rotatable bonds is 9. The third-order valence-corrected chi connectivity index (χ3v) is 4.94. The predicted octanol–water partition coefficient (Wildman–Crippen LogP) is 1.89. The largest absolute Gasteiger partial charge is 0.464 e. The molecule has 1 aliphatic carbocycles. The SMILES string of the molecule is COCCCN(CC(=O)c1c(C)c(C(=O)OC)n(C)c1C)C(=O)C1CC1. The number of ketones is 1. The zero-order valence-corrected chi connectivity index (χ0v) is 16.3. The summed E-state index contributed by atoms with van der Waals surface area (Å²) in [4.78, 5) is 39.1. The van der Waals surface area contributed by atoms with Gasteiger partial charge in [-0.25, -0.2) is 4.79 Å². The molecule has 7 heteroatoms. The number of esters is 1. The number of methoxy groups -OCH3 is 2. The van der Waals surface area contributed by atoms with E-state index in [1.165, 1.54) is 7.11 Å². The Morgan fingerprint density at radius 2 is 1.85 bits per heavy atom. The fourth-order valence-electron chi connectivity index (χ4n) is 3.28. The van der Waals surface area contributed by atoms with E-state index in [4.69, 9.17) is 9.47 Å². The molecule has 1 saturated carbocycles. The molecule has 2 rings (SSSR count). The van der Waals surface area contributed by atoms with Gasteiger partial charge in [0.2, 0.25) is 5.91 Å². The van der Waals surface area contributed by atoms with Crippen LogP contribution in [0.1, 0.15) is 51.4 Å². The molecule has 1 aromatic rings. The predicted molar refractivity (Wildman–Crippen MR) is 96.4 cm³/mol. The molecule has 0 bridgehead atoms. The Balaban J connectivity index is 2.23. The van der Waals surface area contributed by atoms with E-state index in [0.717, 1.165) is 12.8 Å². The van der Waals surface area contributed by atoms with Crippen molar-refractivity contribution in [1.29, 1.82) is 0 Å². The lowest BCUT2D eigenvalue weighted by molar-refractivity contribution is -0.132. The van der Waals surface area contributed by atoms with Gasteiger partial charge < -0.3 is 18.9 Å². The van der Waals surface area contributed by atoms with Gasteiger partial charge in [0.1, 0.15) is 5.69 Å². The van der Waals surface area contributed by atoms with Gasteiger partial charge >= 0.3 is 5.97 Å². The van der Waals surface area contributed by atoms with Gasteiger partial charge in [0.25, 0.3) is 0 Å². The number of hydrogen-bond donors (Lipinski definition) is 0. The zero-order chi connectivity index (χ0) is 19.4. The molecule has 0 radical (unpaired) electrons. The first kappa shape index (κ1) is 20.2. The van der Waals surface area contributed by atoms with Gasteiger partial charge in [-0.05, 0) is 38.7 Å². The van der Waals surface area contributed by atoms with Gasteiger partial charge in [0, 0.05) is 44.5 Å². The van der Waals surface area contributed by atoms with Crippen molar-refractivity contribution in [3.8, 4) is 0 Å². The third kappa shape index (κ3) is 4.15. The van der Waals surface area contributed by atoms with Gasteiger partial charge in [-0.15, -0.1) is 0 Å². The summed E-state index contributed by atoms with van der Waals surface area (Å²) >= 11 is 0. The topological polar surface area (TPSA) is 77.8 Å². The molecule has 144 valence electrons. The Morgan fingerprint density at radius 3 is 2.38 bits per heavy atom. The lowest BCUT2D eigenvalue weighted by Gasteiger charge is -2.22. The van der Waals surface area contributed by atoms with E-state index in [1.807, 2.05) is 0 Å². The highest BCUT2D eigenvalue weighted by Crippen LogP contribution is 2.31. The zero-order valence-electron chi connectivity index (χ0n) is 16.3. The Bertz CT molecular complexity index is 703. The molecule has 7 nitrogen and oxygen atoms in total. The van der Waals surface area contributed by atoms with Crippen LogP contribution in [-0.4, -0.2) is 61.0 Å². The number of nitrogens with zero attached hydrogens (tertiary/aromatic N) is 2. The molecule has 0 saturated heterocycles. The van der Waals surface area contributed by atoms with Crippen molar-refractivity contribution < 1.29 is 23.9 Å². The maximum Gasteiger partial charge on any atom is 0.354 e. The van der Waals surface area contributed by atoms with Crippen molar-refractivity contribution >= 4 is 17.7 Å². The summed E-state index contributed by atoms with van der Waals surface area (Å²) in [6, 6.07) is 0. The van der Waals surface area contributed by atoms with Crippen LogP contribution in [0.4, 0.5) is 0 Å². The first-order valence-corrected chi connectivity index (χ1v) is 8.88. The van der Waals surface area contributed by atoms with Crippen LogP contribution in [0.3, 0.4) is 0 Å². The molecule has 1 aromatic heterocycles. The maximum atomic E-state index is 13.0. The van der Waals surface area contributed by atoms with Crippen LogP contribution in [0.2, 0.25) is 0 Å². The van der Waals surface area contributed by atoms with Crippen molar-refractivity contribution in [1.82, 2.24) is 9.47 Å². The summed E-state index contributed by atoms with van der Waals surface area (Å²) in [6.45, 7) is 4.59. The molecule has 0 aliphatic heterocycles. The molecule has 0 aromatic carbocycles. The summed E-state index contributed by atoms with van der Waals surface area (Å²) in [5, 5.41) is 0. The van der Waals surface area contributed by atoms with Crippen molar-refractivity contribution in [2.75, 3.05) is 33.9 Å². The van der Waals surface area contributed by atoms with Gasteiger partial charge in [0.05, 0.1) is 13.7 Å². The van der Waals surface area contributed by atoms with Crippen LogP contribution >= 0.6 is 0 Å². The molecule has 0 spiro atoms. The quantitative estimate of drug-likeness (QED) is 0.380. The van der Waals surface area contributed by atoms with E-state index in [2.05, 4.69) is 0 Å². The average molecular weight is 364 g/mol. The van der Waals surface area contributed by atoms with E-state index in [-0.39, 0.29) is 24.2 Å². The molecule has 26 heavy (non-hydrogen) atoms. The fourth-order valence-corrected chi connectivity index (χ4v) is 3.28. The molecule has 1 amide bonds. The fraction of sp³-hybridized carbons (Fsp3) is 0.632. The van der Waals surface area contributed by atoms with Gasteiger partial charge in [-0.2, -0.15) is 0 Å². The van der Waals surface area contributed by atoms with Crippen molar-refractivity contribution in [3.05, 3.63) is 22.5 Å². The number of hydrogen-bond acceptors (Lipinski definition) is 5. The molecule has 1 aliphatic rings. The van der Waals surface area contributed by atoms with Crippen LogP contribution in [0, 0.1) is 19.8 Å². The van der Waals surface area contributed by atoms with Crippen LogP contribution < -0.4 is 0 Å². The summed E-state index contributed by atoms with van der Waals surface area (Å²) in [5.74, 6) is -0.543. The first-order chi connectivity index (χ1) is 12.3. The van der Waals surface area contributed by atoms with Crippen molar-refractivity contribution in [3.63, 3.8) is 0 Å². The standard InChI is InChI=1S/C19H28N2O5/c1-12-16(13(2)20(3)17(12)19(24)26-5)15(22)11-21(9-6-10-25-4)18(23)14-7-8-14/h14H,6-11H2,1-5H3. The Morgan fingerprint density at radius 1 is 1.19 bits per heavy atom. The second-order valence-electron chi connectivity index (χ2n) is 6.79. The summed E-state index contributed by atoms with van der Waals surface area (Å²) in [7, 11) is 4.66. The third-order valence-electron chi connectivity index (χ3n) is 4.94. The summed E-state index contributed by atoms with van der Waals surface area (Å²) in [5.41, 5.74) is 2.15. The molecular weight excluding hydrogens is 336 g/mol. The number of carbonyl (C=O) groups is 3. The molecular formula is C19H28N2O5. The molecule has 0 atom stereocenters. The molecule has 1 heterocycles. The number of carbonyl (C=O) groups excluding carboxylic acids is 3.